The number of rotatable bonds is 9. The van der Waals surface area contributed by atoms with Crippen LogP contribution in [0.3, 0.4) is 0 Å². The summed E-state index contributed by atoms with van der Waals surface area (Å²) in [6.07, 6.45) is 3.15. The van der Waals surface area contributed by atoms with Gasteiger partial charge in [0.25, 0.3) is 23.6 Å². The Labute approximate surface area is 238 Å². The van der Waals surface area contributed by atoms with Gasteiger partial charge in [-0.2, -0.15) is 5.01 Å². The van der Waals surface area contributed by atoms with E-state index in [2.05, 4.69) is 0 Å². The molecule has 41 heavy (non-hydrogen) atoms. The average molecular weight is 546 g/mol. The Balaban J connectivity index is 1.48. The van der Waals surface area contributed by atoms with E-state index in [0.717, 1.165) is 31.2 Å². The van der Waals surface area contributed by atoms with Gasteiger partial charge in [0.05, 0.1) is 23.4 Å². The quantitative estimate of drug-likeness (QED) is 0.221. The highest BCUT2D eigenvalue weighted by atomic mass is 16.2. The number of amides is 4. The minimum Gasteiger partial charge on any atom is -0.271 e. The van der Waals surface area contributed by atoms with Crippen LogP contribution in [-0.2, 0) is 6.54 Å². The highest BCUT2D eigenvalue weighted by Gasteiger charge is 2.43. The molecule has 7 heteroatoms. The summed E-state index contributed by atoms with van der Waals surface area (Å²) in [6.45, 7) is 4.37. The highest BCUT2D eigenvalue weighted by Crippen LogP contribution is 2.40. The molecule has 2 aliphatic rings. The van der Waals surface area contributed by atoms with Gasteiger partial charge in [-0.15, -0.1) is 0 Å². The van der Waals surface area contributed by atoms with Crippen molar-refractivity contribution in [3.8, 4) is 0 Å². The lowest BCUT2D eigenvalue weighted by atomic mass is 9.85. The zero-order valence-electron chi connectivity index (χ0n) is 23.2. The molecule has 0 radical (unpaired) electrons. The molecule has 206 valence electrons. The number of nitrogens with zero attached hydrogens (tertiary/aromatic N) is 3. The Hall–Kier alpha value is -4.78. The topological polar surface area (TPSA) is 78.0 Å². The molecule has 0 saturated heterocycles. The Morgan fingerprint density at radius 1 is 0.585 bits per heavy atom. The zero-order valence-corrected chi connectivity index (χ0v) is 23.2. The molecule has 0 unspecified atom stereocenters. The number of hydrazine groups is 1. The fourth-order valence-electron chi connectivity index (χ4n) is 6.13. The fourth-order valence-corrected chi connectivity index (χ4v) is 6.13. The predicted molar refractivity (Wildman–Crippen MR) is 158 cm³/mol. The Morgan fingerprint density at radius 3 is 1.49 bits per heavy atom. The summed E-state index contributed by atoms with van der Waals surface area (Å²) in [6, 6.07) is 25.3. The molecule has 4 aromatic rings. The molecule has 4 amide bonds. The van der Waals surface area contributed by atoms with Crippen molar-refractivity contribution in [2.24, 2.45) is 0 Å². The van der Waals surface area contributed by atoms with Crippen LogP contribution in [0, 0.1) is 0 Å². The lowest BCUT2D eigenvalue weighted by Crippen LogP contribution is -2.52. The van der Waals surface area contributed by atoms with Crippen LogP contribution in [-0.4, -0.2) is 39.6 Å². The van der Waals surface area contributed by atoms with E-state index in [1.165, 1.54) is 9.91 Å². The molecule has 6 rings (SSSR count). The van der Waals surface area contributed by atoms with Crippen LogP contribution in [0.1, 0.15) is 86.5 Å². The molecular formula is C34H31N3O4. The molecule has 4 aromatic carbocycles. The number of imide groups is 2. The summed E-state index contributed by atoms with van der Waals surface area (Å²) in [5.41, 5.74) is 2.92. The van der Waals surface area contributed by atoms with E-state index in [9.17, 15) is 19.2 Å². The third-order valence-electron chi connectivity index (χ3n) is 7.98. The van der Waals surface area contributed by atoms with Gasteiger partial charge in [-0.25, -0.2) is 0 Å². The molecular weight excluding hydrogens is 514 g/mol. The van der Waals surface area contributed by atoms with Gasteiger partial charge in [-0.1, -0.05) is 75.2 Å². The molecule has 0 N–H and O–H groups in total. The Kier molecular flexibility index (Phi) is 6.87. The molecule has 0 saturated carbocycles. The van der Waals surface area contributed by atoms with E-state index < -0.39 is 11.8 Å². The van der Waals surface area contributed by atoms with Crippen LogP contribution in [0.4, 0.5) is 5.69 Å². The summed E-state index contributed by atoms with van der Waals surface area (Å²) >= 11 is 0. The van der Waals surface area contributed by atoms with E-state index in [1.54, 1.807) is 29.3 Å². The first kappa shape index (κ1) is 26.4. The molecule has 7 nitrogen and oxygen atoms in total. The average Bonchev–Trinajstić information content (AvgIpc) is 2.99. The van der Waals surface area contributed by atoms with Crippen molar-refractivity contribution < 1.29 is 19.2 Å². The van der Waals surface area contributed by atoms with Crippen LogP contribution in [0.5, 0.6) is 0 Å². The van der Waals surface area contributed by atoms with E-state index in [4.69, 9.17) is 0 Å². The van der Waals surface area contributed by atoms with Gasteiger partial charge in [0, 0.05) is 27.9 Å². The number of benzene rings is 4. The molecule has 0 aromatic heterocycles. The number of anilines is 1. The third kappa shape index (κ3) is 4.29. The lowest BCUT2D eigenvalue weighted by molar-refractivity contribution is 0.0514. The zero-order chi connectivity index (χ0) is 28.7. The Morgan fingerprint density at radius 2 is 1.02 bits per heavy atom. The van der Waals surface area contributed by atoms with Gasteiger partial charge in [0.15, 0.2) is 0 Å². The number of para-hydroxylation sites is 1. The fraction of sp³-hybridized carbons (Fsp3) is 0.235. The summed E-state index contributed by atoms with van der Waals surface area (Å²) in [5, 5.41) is 3.64. The highest BCUT2D eigenvalue weighted by molar-refractivity contribution is 6.33. The van der Waals surface area contributed by atoms with Crippen molar-refractivity contribution in [1.29, 1.82) is 0 Å². The predicted octanol–water partition coefficient (Wildman–Crippen LogP) is 6.62. The molecule has 0 spiro atoms. The molecule has 0 fully saturated rings. The lowest BCUT2D eigenvalue weighted by Gasteiger charge is -2.39. The summed E-state index contributed by atoms with van der Waals surface area (Å²) in [5.74, 6) is -1.72. The molecule has 0 bridgehead atoms. The van der Waals surface area contributed by atoms with Crippen molar-refractivity contribution in [2.45, 2.75) is 52.1 Å². The van der Waals surface area contributed by atoms with Gasteiger partial charge in [-0.05, 0) is 54.8 Å². The number of hydrogen-bond acceptors (Lipinski definition) is 5. The largest absolute Gasteiger partial charge is 0.280 e. The molecule has 0 aliphatic carbocycles. The SMILES string of the molecule is CCCC(CCC)N1C(=O)c2ccc3c4c(ccc(c24)C1=O)C(=O)N(N(Cc1ccccc1)c1ccccc1)C3=O. The van der Waals surface area contributed by atoms with E-state index in [0.29, 0.717) is 45.3 Å². The third-order valence-corrected chi connectivity index (χ3v) is 7.98. The van der Waals surface area contributed by atoms with Crippen LogP contribution < -0.4 is 5.01 Å². The second-order valence-corrected chi connectivity index (χ2v) is 10.6. The van der Waals surface area contributed by atoms with Gasteiger partial charge < -0.3 is 0 Å². The summed E-state index contributed by atoms with van der Waals surface area (Å²) < 4.78 is 0. The Bertz CT molecular complexity index is 1610. The monoisotopic (exact) mass is 545 g/mol. The van der Waals surface area contributed by atoms with E-state index >= 15 is 0 Å². The summed E-state index contributed by atoms with van der Waals surface area (Å²) in [4.78, 5) is 57.2. The normalized spacial score (nSPS) is 14.4. The minimum absolute atomic E-state index is 0.198. The smallest absolute Gasteiger partial charge is 0.271 e. The van der Waals surface area contributed by atoms with Crippen LogP contribution in [0.15, 0.2) is 84.9 Å². The van der Waals surface area contributed by atoms with Crippen molar-refractivity contribution in [1.82, 2.24) is 9.91 Å². The van der Waals surface area contributed by atoms with E-state index in [-0.39, 0.29) is 17.9 Å². The van der Waals surface area contributed by atoms with Crippen molar-refractivity contribution in [3.63, 3.8) is 0 Å². The van der Waals surface area contributed by atoms with Crippen LogP contribution >= 0.6 is 0 Å². The van der Waals surface area contributed by atoms with Crippen molar-refractivity contribution in [3.05, 3.63) is 113 Å². The maximum Gasteiger partial charge on any atom is 0.280 e. The molecule has 2 aliphatic heterocycles. The number of carbonyl (C=O) groups is 4. The second-order valence-electron chi connectivity index (χ2n) is 10.6. The first-order valence-electron chi connectivity index (χ1n) is 14.2. The maximum absolute atomic E-state index is 14.1. The van der Waals surface area contributed by atoms with Gasteiger partial charge in [0.2, 0.25) is 0 Å². The number of carbonyl (C=O) groups excluding carboxylic acids is 4. The minimum atomic E-state index is -0.497. The standard InChI is InChI=1S/C34H31N3O4/c1-3-11-24(12-4-2)36-31(38)25-17-19-27-30-28(20-18-26(29(25)30)32(36)39)34(41)37(33(27)40)35(23-15-9-6-10-16-23)21-22-13-7-5-8-14-22/h5-10,13-20,24H,3-4,11-12,21H2,1-2H3. The maximum atomic E-state index is 14.1. The van der Waals surface area contributed by atoms with Gasteiger partial charge in [-0.3, -0.25) is 29.1 Å². The molecule has 2 heterocycles. The molecule has 0 atom stereocenters. The second kappa shape index (κ2) is 10.7. The van der Waals surface area contributed by atoms with Crippen molar-refractivity contribution in [2.75, 3.05) is 5.01 Å². The number of hydrogen-bond donors (Lipinski definition) is 0. The first-order valence-corrected chi connectivity index (χ1v) is 14.2. The van der Waals surface area contributed by atoms with Gasteiger partial charge in [0.1, 0.15) is 0 Å². The van der Waals surface area contributed by atoms with Gasteiger partial charge >= 0.3 is 0 Å². The van der Waals surface area contributed by atoms with Crippen molar-refractivity contribution >= 4 is 40.1 Å². The van der Waals surface area contributed by atoms with E-state index in [1.807, 2.05) is 74.5 Å². The van der Waals surface area contributed by atoms with Crippen LogP contribution in [0.25, 0.3) is 10.8 Å². The van der Waals surface area contributed by atoms with Crippen LogP contribution in [0.2, 0.25) is 0 Å². The first-order chi connectivity index (χ1) is 20.0. The summed E-state index contributed by atoms with van der Waals surface area (Å²) in [7, 11) is 0.